The van der Waals surface area contributed by atoms with Crippen LogP contribution in [0.3, 0.4) is 0 Å². The number of carbonyl (C=O) groups is 1. The van der Waals surface area contributed by atoms with E-state index in [1.807, 2.05) is 11.8 Å². The number of methoxy groups -OCH3 is 1. The second-order valence-corrected chi connectivity index (χ2v) is 6.83. The van der Waals surface area contributed by atoms with Crippen LogP contribution < -0.4 is 10.1 Å². The van der Waals surface area contributed by atoms with Gasteiger partial charge in [-0.05, 0) is 72.8 Å². The van der Waals surface area contributed by atoms with Crippen LogP contribution in [0.15, 0.2) is 18.2 Å². The van der Waals surface area contributed by atoms with Gasteiger partial charge in [0.05, 0.1) is 16.8 Å². The quantitative estimate of drug-likeness (QED) is 0.555. The summed E-state index contributed by atoms with van der Waals surface area (Å²) in [7, 11) is 1.61. The van der Waals surface area contributed by atoms with E-state index in [9.17, 15) is 4.79 Å². The summed E-state index contributed by atoms with van der Waals surface area (Å²) in [5.74, 6) is 0.541. The van der Waals surface area contributed by atoms with E-state index in [1.165, 1.54) is 0 Å². The highest BCUT2D eigenvalue weighted by Gasteiger charge is 2.21. The lowest BCUT2D eigenvalue weighted by molar-refractivity contribution is 0.0895. The van der Waals surface area contributed by atoms with Crippen molar-refractivity contribution in [2.75, 3.05) is 26.8 Å². The lowest BCUT2D eigenvalue weighted by Gasteiger charge is -2.26. The molecule has 1 N–H and O–H groups in total. The predicted octanol–water partition coefficient (Wildman–Crippen LogP) is 2.82. The molecule has 0 radical (unpaired) electrons. The van der Waals surface area contributed by atoms with Gasteiger partial charge in [0.1, 0.15) is 5.75 Å². The zero-order valence-electron chi connectivity index (χ0n) is 13.3. The first-order chi connectivity index (χ1) is 11.0. The molecule has 0 spiro atoms. The molecular formula is C16H21IN2O3S. The molecule has 1 aliphatic rings. The maximum absolute atomic E-state index is 12.4. The Morgan fingerprint density at radius 3 is 2.91 bits per heavy atom. The van der Waals surface area contributed by atoms with E-state index in [0.717, 1.165) is 41.9 Å². The summed E-state index contributed by atoms with van der Waals surface area (Å²) in [5.41, 5.74) is 0.561. The fraction of sp³-hybridized carbons (Fsp3) is 0.500. The van der Waals surface area contributed by atoms with Gasteiger partial charge in [0.15, 0.2) is 5.11 Å². The number of ether oxygens (including phenoxy) is 2. The molecule has 0 saturated carbocycles. The summed E-state index contributed by atoms with van der Waals surface area (Å²) in [6.07, 6.45) is 2.33. The van der Waals surface area contributed by atoms with E-state index in [-0.39, 0.29) is 12.0 Å². The number of likely N-dealkylation sites (N-methyl/N-ethyl adjacent to an activating group) is 1. The average Bonchev–Trinajstić information content (AvgIpc) is 3.05. The highest BCUT2D eigenvalue weighted by molar-refractivity contribution is 14.1. The van der Waals surface area contributed by atoms with Gasteiger partial charge in [0, 0.05) is 25.3 Å². The summed E-state index contributed by atoms with van der Waals surface area (Å²) in [6, 6.07) is 5.30. The number of thiocarbonyl (C=S) groups is 1. The molecule has 1 aromatic carbocycles. The van der Waals surface area contributed by atoms with Crippen molar-refractivity contribution in [2.24, 2.45) is 0 Å². The summed E-state index contributed by atoms with van der Waals surface area (Å²) in [4.78, 5) is 14.3. The highest BCUT2D eigenvalue weighted by Crippen LogP contribution is 2.21. The number of rotatable bonds is 5. The minimum Gasteiger partial charge on any atom is -0.496 e. The third-order valence-electron chi connectivity index (χ3n) is 3.75. The monoisotopic (exact) mass is 448 g/mol. The topological polar surface area (TPSA) is 50.8 Å². The molecule has 5 nitrogen and oxygen atoms in total. The van der Waals surface area contributed by atoms with E-state index in [0.29, 0.717) is 10.7 Å². The van der Waals surface area contributed by atoms with Gasteiger partial charge < -0.3 is 14.4 Å². The van der Waals surface area contributed by atoms with Crippen LogP contribution in [0.2, 0.25) is 0 Å². The standard InChI is InChI=1S/C16H21IN2O3S/c1-3-19(10-12-5-4-8-22-12)16(23)18-15(20)11-6-7-14(21-2)13(17)9-11/h6-7,9,12H,3-5,8,10H2,1-2H3,(H,18,20,23). The SMILES string of the molecule is CCN(CC1CCCO1)C(=S)NC(=O)c1ccc(OC)c(I)c1. The third-order valence-corrected chi connectivity index (χ3v) is 4.95. The molecule has 7 heteroatoms. The molecule has 1 aromatic rings. The van der Waals surface area contributed by atoms with Crippen LogP contribution >= 0.6 is 34.8 Å². The average molecular weight is 448 g/mol. The molecule has 1 amide bonds. The Hall–Kier alpha value is -0.930. The van der Waals surface area contributed by atoms with Gasteiger partial charge in [-0.15, -0.1) is 0 Å². The first kappa shape index (κ1) is 18.4. The molecule has 0 aromatic heterocycles. The van der Waals surface area contributed by atoms with Crippen LogP contribution in [-0.4, -0.2) is 48.8 Å². The largest absolute Gasteiger partial charge is 0.496 e. The summed E-state index contributed by atoms with van der Waals surface area (Å²) in [5, 5.41) is 3.25. The lowest BCUT2D eigenvalue weighted by Crippen LogP contribution is -2.45. The molecule has 1 atom stereocenters. The number of nitrogens with zero attached hydrogens (tertiary/aromatic N) is 1. The van der Waals surface area contributed by atoms with Crippen LogP contribution in [0.25, 0.3) is 0 Å². The number of hydrogen-bond acceptors (Lipinski definition) is 4. The van der Waals surface area contributed by atoms with Crippen LogP contribution in [-0.2, 0) is 4.74 Å². The van der Waals surface area contributed by atoms with E-state index in [4.69, 9.17) is 21.7 Å². The van der Waals surface area contributed by atoms with Crippen molar-refractivity contribution in [1.82, 2.24) is 10.2 Å². The number of hydrogen-bond donors (Lipinski definition) is 1. The van der Waals surface area contributed by atoms with Gasteiger partial charge >= 0.3 is 0 Å². The first-order valence-electron chi connectivity index (χ1n) is 7.60. The first-order valence-corrected chi connectivity index (χ1v) is 9.09. The van der Waals surface area contributed by atoms with E-state index < -0.39 is 0 Å². The molecule has 23 heavy (non-hydrogen) atoms. The number of halogens is 1. The Kier molecular flexibility index (Phi) is 7.04. The minimum atomic E-state index is -0.207. The van der Waals surface area contributed by atoms with E-state index >= 15 is 0 Å². The molecule has 1 unspecified atom stereocenters. The summed E-state index contributed by atoms with van der Waals surface area (Å²) < 4.78 is 11.7. The van der Waals surface area contributed by atoms with Crippen LogP contribution in [0, 0.1) is 3.57 Å². The molecule has 0 bridgehead atoms. The molecule has 126 valence electrons. The highest BCUT2D eigenvalue weighted by atomic mass is 127. The number of benzene rings is 1. The van der Waals surface area contributed by atoms with Gasteiger partial charge in [-0.3, -0.25) is 10.1 Å². The lowest BCUT2D eigenvalue weighted by atomic mass is 10.2. The smallest absolute Gasteiger partial charge is 0.257 e. The Labute approximate surface area is 155 Å². The zero-order valence-corrected chi connectivity index (χ0v) is 16.3. The third kappa shape index (κ3) is 5.02. The van der Waals surface area contributed by atoms with Crippen molar-refractivity contribution in [2.45, 2.75) is 25.9 Å². The van der Waals surface area contributed by atoms with Gasteiger partial charge in [-0.25, -0.2) is 0 Å². The van der Waals surface area contributed by atoms with Gasteiger partial charge in [-0.2, -0.15) is 0 Å². The molecule has 1 fully saturated rings. The maximum Gasteiger partial charge on any atom is 0.257 e. The second kappa shape index (κ2) is 8.79. The Morgan fingerprint density at radius 1 is 1.57 bits per heavy atom. The molecule has 0 aliphatic carbocycles. The van der Waals surface area contributed by atoms with Crippen molar-refractivity contribution in [3.05, 3.63) is 27.3 Å². The number of carbonyl (C=O) groups excluding carboxylic acids is 1. The van der Waals surface area contributed by atoms with Gasteiger partial charge in [0.25, 0.3) is 5.91 Å². The van der Waals surface area contributed by atoms with Gasteiger partial charge in [-0.1, -0.05) is 0 Å². The Bertz CT molecular complexity index is 576. The Balaban J connectivity index is 1.97. The van der Waals surface area contributed by atoms with Gasteiger partial charge in [0.2, 0.25) is 0 Å². The molecule has 1 aliphatic heterocycles. The predicted molar refractivity (Wildman–Crippen MR) is 102 cm³/mol. The van der Waals surface area contributed by atoms with Crippen LogP contribution in [0.1, 0.15) is 30.1 Å². The second-order valence-electron chi connectivity index (χ2n) is 5.28. The van der Waals surface area contributed by atoms with Crippen LogP contribution in [0.5, 0.6) is 5.75 Å². The summed E-state index contributed by atoms with van der Waals surface area (Å²) in [6.45, 7) is 4.28. The van der Waals surface area contributed by atoms with Crippen molar-refractivity contribution in [3.8, 4) is 5.75 Å². The normalized spacial score (nSPS) is 16.9. The van der Waals surface area contributed by atoms with Crippen molar-refractivity contribution >= 4 is 45.8 Å². The maximum atomic E-state index is 12.4. The summed E-state index contributed by atoms with van der Waals surface area (Å²) >= 11 is 7.52. The van der Waals surface area contributed by atoms with E-state index in [2.05, 4.69) is 27.9 Å². The fourth-order valence-corrected chi connectivity index (χ4v) is 3.48. The Morgan fingerprint density at radius 2 is 2.35 bits per heavy atom. The van der Waals surface area contributed by atoms with Crippen molar-refractivity contribution in [1.29, 1.82) is 0 Å². The molecule has 2 rings (SSSR count). The molecule has 1 saturated heterocycles. The van der Waals surface area contributed by atoms with E-state index in [1.54, 1.807) is 25.3 Å². The zero-order chi connectivity index (χ0) is 16.8. The molecule has 1 heterocycles. The molecular weight excluding hydrogens is 427 g/mol. The van der Waals surface area contributed by atoms with Crippen LogP contribution in [0.4, 0.5) is 0 Å². The number of amides is 1. The number of nitrogens with one attached hydrogen (secondary N) is 1. The minimum absolute atomic E-state index is 0.201. The van der Waals surface area contributed by atoms with Crippen molar-refractivity contribution in [3.63, 3.8) is 0 Å². The fourth-order valence-electron chi connectivity index (χ4n) is 2.45. The van der Waals surface area contributed by atoms with Crippen molar-refractivity contribution < 1.29 is 14.3 Å².